The first-order valence-electron chi connectivity index (χ1n) is 14.7. The lowest BCUT2D eigenvalue weighted by atomic mass is 9.96. The topological polar surface area (TPSA) is 144 Å². The van der Waals surface area contributed by atoms with Crippen LogP contribution in [-0.4, -0.2) is 76.8 Å². The highest BCUT2D eigenvalue weighted by Gasteiger charge is 2.28. The highest BCUT2D eigenvalue weighted by molar-refractivity contribution is 7.13. The third kappa shape index (κ3) is 10.6. The SMILES string of the molecule is COC(=O)N1CCCC(c2csc(NC(=O)[C@H](CCCCNC(=O)OC(C)(C)C)NC(=O)c3ccn(C(C)(C)C)c3)n2)C1. The molecule has 1 saturated heterocycles. The van der Waals surface area contributed by atoms with E-state index in [4.69, 9.17) is 9.47 Å². The monoisotopic (exact) mass is 618 g/mol. The molecule has 0 spiro atoms. The van der Waals surface area contributed by atoms with E-state index in [0.717, 1.165) is 18.5 Å². The van der Waals surface area contributed by atoms with Crippen molar-refractivity contribution in [3.8, 4) is 0 Å². The number of alkyl carbamates (subject to hydrolysis) is 1. The molecular weight excluding hydrogens is 572 g/mol. The number of piperidine rings is 1. The van der Waals surface area contributed by atoms with Crippen LogP contribution >= 0.6 is 11.3 Å². The van der Waals surface area contributed by atoms with Crippen LogP contribution < -0.4 is 16.0 Å². The summed E-state index contributed by atoms with van der Waals surface area (Å²) in [5.41, 5.74) is 0.497. The van der Waals surface area contributed by atoms with Crippen LogP contribution in [0.5, 0.6) is 0 Å². The largest absolute Gasteiger partial charge is 0.453 e. The van der Waals surface area contributed by atoms with Crippen molar-refractivity contribution in [1.82, 2.24) is 25.1 Å². The maximum Gasteiger partial charge on any atom is 0.409 e. The number of nitrogens with one attached hydrogen (secondary N) is 3. The Bertz CT molecular complexity index is 1260. The zero-order valence-corrected chi connectivity index (χ0v) is 27.1. The summed E-state index contributed by atoms with van der Waals surface area (Å²) >= 11 is 1.31. The second-order valence-corrected chi connectivity index (χ2v) is 13.6. The van der Waals surface area contributed by atoms with Crippen molar-refractivity contribution in [3.63, 3.8) is 0 Å². The Labute approximate surface area is 257 Å². The molecule has 12 nitrogen and oxygen atoms in total. The van der Waals surface area contributed by atoms with Gasteiger partial charge in [-0.05, 0) is 79.7 Å². The summed E-state index contributed by atoms with van der Waals surface area (Å²) < 4.78 is 12.1. The predicted molar refractivity (Wildman–Crippen MR) is 165 cm³/mol. The number of amides is 4. The highest BCUT2D eigenvalue weighted by atomic mass is 32.1. The summed E-state index contributed by atoms with van der Waals surface area (Å²) in [6.45, 7) is 13.0. The molecule has 1 unspecified atom stereocenters. The molecule has 3 N–H and O–H groups in total. The molecule has 1 aliphatic rings. The van der Waals surface area contributed by atoms with Crippen molar-refractivity contribution in [2.24, 2.45) is 0 Å². The van der Waals surface area contributed by atoms with E-state index in [1.165, 1.54) is 18.4 Å². The van der Waals surface area contributed by atoms with Crippen molar-refractivity contribution in [2.45, 2.75) is 96.7 Å². The van der Waals surface area contributed by atoms with Gasteiger partial charge in [0.15, 0.2) is 5.13 Å². The van der Waals surface area contributed by atoms with Gasteiger partial charge in [-0.1, -0.05) is 0 Å². The minimum atomic E-state index is -0.816. The van der Waals surface area contributed by atoms with E-state index in [1.807, 2.05) is 36.9 Å². The van der Waals surface area contributed by atoms with Crippen LogP contribution in [0, 0.1) is 0 Å². The Hall–Kier alpha value is -3.61. The van der Waals surface area contributed by atoms with Crippen LogP contribution in [0.3, 0.4) is 0 Å². The summed E-state index contributed by atoms with van der Waals surface area (Å²) in [6, 6.07) is 0.915. The molecule has 1 aliphatic heterocycles. The number of likely N-dealkylation sites (tertiary alicyclic amines) is 1. The standard InChI is InChI=1S/C30H46N6O6S/c1-29(2,3)36-16-13-21(18-36)24(37)32-22(12-8-9-14-31-27(39)42-30(4,5)6)25(38)34-26-33-23(19-43-26)20-11-10-15-35(17-20)28(40)41-7/h13,16,18-20,22H,8-12,14-15,17H2,1-7H3,(H,31,39)(H,32,37)(H,33,34,38)/t20?,22-/m0/s1. The molecule has 238 valence electrons. The summed E-state index contributed by atoms with van der Waals surface area (Å²) in [5, 5.41) is 10.8. The molecule has 0 aromatic carbocycles. The van der Waals surface area contributed by atoms with Gasteiger partial charge in [0.1, 0.15) is 11.6 Å². The summed E-state index contributed by atoms with van der Waals surface area (Å²) in [6.07, 6.45) is 6.02. The Morgan fingerprint density at radius 2 is 1.88 bits per heavy atom. The van der Waals surface area contributed by atoms with Gasteiger partial charge in [0, 0.05) is 48.9 Å². The van der Waals surface area contributed by atoms with Crippen LogP contribution in [0.4, 0.5) is 14.7 Å². The molecule has 0 aliphatic carbocycles. The molecule has 2 aromatic rings. The number of carbonyl (C=O) groups excluding carboxylic acids is 4. The Morgan fingerprint density at radius 1 is 1.14 bits per heavy atom. The van der Waals surface area contributed by atoms with E-state index in [9.17, 15) is 19.2 Å². The first-order chi connectivity index (χ1) is 20.2. The zero-order valence-electron chi connectivity index (χ0n) is 26.3. The minimum Gasteiger partial charge on any atom is -0.453 e. The average Bonchev–Trinajstić information content (AvgIpc) is 3.61. The van der Waals surface area contributed by atoms with Crippen molar-refractivity contribution >= 4 is 40.5 Å². The van der Waals surface area contributed by atoms with Gasteiger partial charge in [0.25, 0.3) is 5.91 Å². The first-order valence-corrected chi connectivity index (χ1v) is 15.6. The molecule has 0 radical (unpaired) electrons. The fourth-order valence-electron chi connectivity index (χ4n) is 4.67. The van der Waals surface area contributed by atoms with Crippen LogP contribution in [0.25, 0.3) is 0 Å². The predicted octanol–water partition coefficient (Wildman–Crippen LogP) is 5.08. The van der Waals surface area contributed by atoms with Crippen LogP contribution in [0.2, 0.25) is 0 Å². The van der Waals surface area contributed by atoms with Gasteiger partial charge in [0.05, 0.1) is 18.4 Å². The number of hydrogen-bond donors (Lipinski definition) is 3. The molecule has 4 amide bonds. The number of rotatable bonds is 10. The second kappa shape index (κ2) is 14.7. The first kappa shape index (κ1) is 33.9. The van der Waals surface area contributed by atoms with Crippen molar-refractivity contribution in [2.75, 3.05) is 32.1 Å². The quantitative estimate of drug-likeness (QED) is 0.315. The number of nitrogens with zero attached hydrogens (tertiary/aromatic N) is 3. The fraction of sp³-hybridized carbons (Fsp3) is 0.633. The smallest absolute Gasteiger partial charge is 0.409 e. The average molecular weight is 619 g/mol. The molecule has 2 atom stereocenters. The van der Waals surface area contributed by atoms with Crippen molar-refractivity contribution in [1.29, 1.82) is 0 Å². The Morgan fingerprint density at radius 3 is 2.53 bits per heavy atom. The van der Waals surface area contributed by atoms with E-state index in [2.05, 4.69) is 20.9 Å². The van der Waals surface area contributed by atoms with Crippen LogP contribution in [0.1, 0.15) is 95.6 Å². The van der Waals surface area contributed by atoms with E-state index >= 15 is 0 Å². The number of hydrogen-bond acceptors (Lipinski definition) is 8. The number of unbranched alkanes of at least 4 members (excludes halogenated alkanes) is 1. The number of methoxy groups -OCH3 is 1. The number of carbonyl (C=O) groups is 4. The molecule has 2 aromatic heterocycles. The normalized spacial score (nSPS) is 16.3. The fourth-order valence-corrected chi connectivity index (χ4v) is 5.47. The molecule has 43 heavy (non-hydrogen) atoms. The van der Waals surface area contributed by atoms with Crippen LogP contribution in [-0.2, 0) is 19.8 Å². The number of anilines is 1. The van der Waals surface area contributed by atoms with E-state index in [1.54, 1.807) is 37.9 Å². The van der Waals surface area contributed by atoms with Crippen molar-refractivity contribution < 1.29 is 28.7 Å². The van der Waals surface area contributed by atoms with Gasteiger partial charge in [0.2, 0.25) is 5.91 Å². The molecule has 13 heteroatoms. The van der Waals surface area contributed by atoms with E-state index in [-0.39, 0.29) is 29.4 Å². The highest BCUT2D eigenvalue weighted by Crippen LogP contribution is 2.30. The minimum absolute atomic E-state index is 0.0505. The maximum absolute atomic E-state index is 13.4. The van der Waals surface area contributed by atoms with Crippen LogP contribution in [0.15, 0.2) is 23.8 Å². The van der Waals surface area contributed by atoms with Gasteiger partial charge in [-0.2, -0.15) is 0 Å². The molecule has 3 rings (SSSR count). The maximum atomic E-state index is 13.4. The van der Waals surface area contributed by atoms with Gasteiger partial charge in [-0.25, -0.2) is 14.6 Å². The number of ether oxygens (including phenoxy) is 2. The van der Waals surface area contributed by atoms with Crippen molar-refractivity contribution in [3.05, 3.63) is 35.1 Å². The second-order valence-electron chi connectivity index (χ2n) is 12.8. The third-order valence-corrected chi connectivity index (χ3v) is 7.74. The molecular formula is C30H46N6O6S. The number of aromatic nitrogens is 2. The van der Waals surface area contributed by atoms with Gasteiger partial charge >= 0.3 is 12.2 Å². The molecule has 1 fully saturated rings. The van der Waals surface area contributed by atoms with Gasteiger partial charge in [-0.3, -0.25) is 9.59 Å². The lowest BCUT2D eigenvalue weighted by Gasteiger charge is -2.30. The zero-order chi connectivity index (χ0) is 31.8. The third-order valence-electron chi connectivity index (χ3n) is 6.96. The van der Waals surface area contributed by atoms with Gasteiger partial charge in [-0.15, -0.1) is 11.3 Å². The molecule has 3 heterocycles. The van der Waals surface area contributed by atoms with Gasteiger partial charge < -0.3 is 34.9 Å². The molecule has 0 bridgehead atoms. The summed E-state index contributed by atoms with van der Waals surface area (Å²) in [4.78, 5) is 56.8. The Kier molecular flexibility index (Phi) is 11.6. The van der Waals surface area contributed by atoms with E-state index < -0.39 is 17.7 Å². The lowest BCUT2D eigenvalue weighted by molar-refractivity contribution is -0.118. The summed E-state index contributed by atoms with van der Waals surface area (Å²) in [7, 11) is 1.37. The molecule has 0 saturated carbocycles. The summed E-state index contributed by atoms with van der Waals surface area (Å²) in [5.74, 6) is -0.668. The Balaban J connectivity index is 1.63. The lowest BCUT2D eigenvalue weighted by Crippen LogP contribution is -2.44. The van der Waals surface area contributed by atoms with E-state index in [0.29, 0.717) is 49.6 Å². The number of thiazole rings is 1.